The Labute approximate surface area is 177 Å². The third kappa shape index (κ3) is 5.65. The van der Waals surface area contributed by atoms with Crippen molar-refractivity contribution in [2.24, 2.45) is 10.7 Å². The number of guanidine groups is 1. The summed E-state index contributed by atoms with van der Waals surface area (Å²) >= 11 is 0. The summed E-state index contributed by atoms with van der Waals surface area (Å²) in [6.07, 6.45) is 4.83. The topological polar surface area (TPSA) is 98.0 Å². The van der Waals surface area contributed by atoms with Crippen molar-refractivity contribution in [1.29, 1.82) is 0 Å². The molecular formula is C23H30N4O3. The Morgan fingerprint density at radius 1 is 1.13 bits per heavy atom. The summed E-state index contributed by atoms with van der Waals surface area (Å²) in [6, 6.07) is 13.1. The number of carbonyl (C=O) groups is 1. The normalized spacial score (nSPS) is 14.4. The van der Waals surface area contributed by atoms with Crippen LogP contribution in [0.5, 0.6) is 11.5 Å². The number of carbonyl (C=O) groups excluding carboxylic acids is 1. The van der Waals surface area contributed by atoms with Crippen molar-refractivity contribution in [1.82, 2.24) is 10.6 Å². The van der Waals surface area contributed by atoms with Gasteiger partial charge < -0.3 is 25.8 Å². The highest BCUT2D eigenvalue weighted by Crippen LogP contribution is 2.34. The number of methoxy groups -OCH3 is 1. The first-order valence-corrected chi connectivity index (χ1v) is 10.3. The number of nitrogens with zero attached hydrogens (tertiary/aromatic N) is 1. The summed E-state index contributed by atoms with van der Waals surface area (Å²) in [7, 11) is 3.38. The second-order valence-corrected chi connectivity index (χ2v) is 7.32. The van der Waals surface area contributed by atoms with Crippen LogP contribution in [0.2, 0.25) is 0 Å². The number of para-hydroxylation sites is 1. The van der Waals surface area contributed by atoms with E-state index in [1.165, 1.54) is 12.8 Å². The molecule has 1 saturated carbocycles. The van der Waals surface area contributed by atoms with Crippen molar-refractivity contribution in [2.75, 3.05) is 14.2 Å². The van der Waals surface area contributed by atoms with Crippen LogP contribution < -0.4 is 25.8 Å². The summed E-state index contributed by atoms with van der Waals surface area (Å²) < 4.78 is 11.8. The minimum Gasteiger partial charge on any atom is -0.493 e. The van der Waals surface area contributed by atoms with Gasteiger partial charge in [0.15, 0.2) is 17.5 Å². The van der Waals surface area contributed by atoms with Gasteiger partial charge in [-0.3, -0.25) is 9.79 Å². The summed E-state index contributed by atoms with van der Waals surface area (Å²) in [6.45, 7) is 1.06. The molecule has 7 nitrogen and oxygen atoms in total. The van der Waals surface area contributed by atoms with E-state index in [0.717, 1.165) is 35.5 Å². The molecular weight excluding hydrogens is 380 g/mol. The molecule has 0 spiro atoms. The van der Waals surface area contributed by atoms with Crippen molar-refractivity contribution in [3.8, 4) is 11.5 Å². The van der Waals surface area contributed by atoms with E-state index in [-0.39, 0.29) is 6.10 Å². The van der Waals surface area contributed by atoms with Crippen LogP contribution in [0.3, 0.4) is 0 Å². The maximum Gasteiger partial charge on any atom is 0.248 e. The van der Waals surface area contributed by atoms with Crippen molar-refractivity contribution in [3.05, 3.63) is 59.2 Å². The Morgan fingerprint density at radius 2 is 1.87 bits per heavy atom. The third-order valence-corrected chi connectivity index (χ3v) is 5.21. The van der Waals surface area contributed by atoms with Gasteiger partial charge in [-0.05, 0) is 49.4 Å². The lowest BCUT2D eigenvalue weighted by atomic mass is 10.1. The molecule has 2 aromatic carbocycles. The van der Waals surface area contributed by atoms with Crippen LogP contribution >= 0.6 is 0 Å². The number of aliphatic imine (C=N–C) groups is 1. The smallest absolute Gasteiger partial charge is 0.248 e. The van der Waals surface area contributed by atoms with Crippen LogP contribution in [0.4, 0.5) is 0 Å². The molecule has 30 heavy (non-hydrogen) atoms. The van der Waals surface area contributed by atoms with Gasteiger partial charge in [-0.1, -0.05) is 24.3 Å². The lowest BCUT2D eigenvalue weighted by Gasteiger charge is -2.20. The molecule has 0 aromatic heterocycles. The number of primary amides is 1. The van der Waals surface area contributed by atoms with Crippen LogP contribution in [0, 0.1) is 0 Å². The Hall–Kier alpha value is -3.22. The second kappa shape index (κ2) is 10.5. The first-order chi connectivity index (χ1) is 14.6. The largest absolute Gasteiger partial charge is 0.493 e. The van der Waals surface area contributed by atoms with Crippen LogP contribution in [0.25, 0.3) is 0 Å². The van der Waals surface area contributed by atoms with Gasteiger partial charge in [0.2, 0.25) is 5.91 Å². The number of rotatable bonds is 8. The van der Waals surface area contributed by atoms with Gasteiger partial charge in [0.1, 0.15) is 0 Å². The molecule has 1 amide bonds. The molecule has 3 rings (SSSR count). The fraction of sp³-hybridized carbons (Fsp3) is 0.391. The fourth-order valence-corrected chi connectivity index (χ4v) is 3.59. The lowest BCUT2D eigenvalue weighted by molar-refractivity contribution is 0.1000. The van der Waals surface area contributed by atoms with Gasteiger partial charge in [0.05, 0.1) is 13.2 Å². The molecule has 1 aliphatic rings. The van der Waals surface area contributed by atoms with E-state index in [9.17, 15) is 4.79 Å². The van der Waals surface area contributed by atoms with Gasteiger partial charge >= 0.3 is 0 Å². The van der Waals surface area contributed by atoms with Crippen molar-refractivity contribution < 1.29 is 14.3 Å². The number of hydrogen-bond donors (Lipinski definition) is 3. The van der Waals surface area contributed by atoms with Gasteiger partial charge in [0.25, 0.3) is 0 Å². The van der Waals surface area contributed by atoms with E-state index in [2.05, 4.69) is 15.6 Å². The molecule has 0 unspecified atom stereocenters. The molecule has 0 saturated heterocycles. The minimum atomic E-state index is -0.438. The number of benzene rings is 2. The van der Waals surface area contributed by atoms with E-state index < -0.39 is 5.91 Å². The zero-order valence-corrected chi connectivity index (χ0v) is 17.6. The van der Waals surface area contributed by atoms with E-state index in [4.69, 9.17) is 15.2 Å². The van der Waals surface area contributed by atoms with Gasteiger partial charge in [-0.2, -0.15) is 0 Å². The highest BCUT2D eigenvalue weighted by molar-refractivity contribution is 5.92. The zero-order valence-electron chi connectivity index (χ0n) is 17.6. The van der Waals surface area contributed by atoms with Crippen LogP contribution in [-0.2, 0) is 13.1 Å². The maximum atomic E-state index is 11.4. The third-order valence-electron chi connectivity index (χ3n) is 5.21. The summed E-state index contributed by atoms with van der Waals surface area (Å²) in [5.74, 6) is 1.75. The molecule has 0 radical (unpaired) electrons. The summed E-state index contributed by atoms with van der Waals surface area (Å²) in [5.41, 5.74) is 7.80. The Kier molecular flexibility index (Phi) is 7.54. The number of amides is 1. The van der Waals surface area contributed by atoms with E-state index >= 15 is 0 Å². The second-order valence-electron chi connectivity index (χ2n) is 7.32. The quantitative estimate of drug-likeness (QED) is 0.459. The zero-order chi connectivity index (χ0) is 21.3. The minimum absolute atomic E-state index is 0.245. The van der Waals surface area contributed by atoms with E-state index in [0.29, 0.717) is 24.6 Å². The molecule has 4 N–H and O–H groups in total. The van der Waals surface area contributed by atoms with Crippen LogP contribution in [0.1, 0.15) is 47.2 Å². The molecule has 0 heterocycles. The standard InChI is InChI=1S/C23H30N4O3/c1-25-23(26-14-16-7-5-8-17(13-16)22(24)28)27-15-18-9-6-12-20(29-2)21(18)30-19-10-3-4-11-19/h5-9,12-13,19H,3-4,10-11,14-15H2,1-2H3,(H2,24,28)(H2,25,26,27). The Morgan fingerprint density at radius 3 is 2.57 bits per heavy atom. The van der Waals surface area contributed by atoms with Gasteiger partial charge in [0, 0.05) is 31.3 Å². The first kappa shape index (κ1) is 21.5. The molecule has 0 bridgehead atoms. The maximum absolute atomic E-state index is 11.4. The summed E-state index contributed by atoms with van der Waals surface area (Å²) in [4.78, 5) is 15.6. The average Bonchev–Trinajstić information content (AvgIpc) is 3.28. The molecule has 2 aromatic rings. The summed E-state index contributed by atoms with van der Waals surface area (Å²) in [5, 5.41) is 6.58. The molecule has 7 heteroatoms. The fourth-order valence-electron chi connectivity index (χ4n) is 3.59. The highest BCUT2D eigenvalue weighted by Gasteiger charge is 2.20. The number of nitrogens with one attached hydrogen (secondary N) is 2. The van der Waals surface area contributed by atoms with Gasteiger partial charge in [-0.15, -0.1) is 0 Å². The van der Waals surface area contributed by atoms with Crippen molar-refractivity contribution in [2.45, 2.75) is 44.9 Å². The van der Waals surface area contributed by atoms with E-state index in [1.807, 2.05) is 30.3 Å². The van der Waals surface area contributed by atoms with Crippen LogP contribution in [-0.4, -0.2) is 32.1 Å². The van der Waals surface area contributed by atoms with E-state index in [1.54, 1.807) is 26.3 Å². The Balaban J connectivity index is 1.63. The predicted molar refractivity (Wildman–Crippen MR) is 118 cm³/mol. The predicted octanol–water partition coefficient (Wildman–Crippen LogP) is 2.98. The lowest BCUT2D eigenvalue weighted by Crippen LogP contribution is -2.36. The number of nitrogens with two attached hydrogens (primary N) is 1. The van der Waals surface area contributed by atoms with Crippen molar-refractivity contribution >= 4 is 11.9 Å². The first-order valence-electron chi connectivity index (χ1n) is 10.3. The average molecular weight is 411 g/mol. The molecule has 160 valence electrons. The Bertz CT molecular complexity index is 892. The monoisotopic (exact) mass is 410 g/mol. The van der Waals surface area contributed by atoms with Crippen LogP contribution in [0.15, 0.2) is 47.5 Å². The van der Waals surface area contributed by atoms with Gasteiger partial charge in [-0.25, -0.2) is 0 Å². The number of hydrogen-bond acceptors (Lipinski definition) is 4. The van der Waals surface area contributed by atoms with Crippen molar-refractivity contribution in [3.63, 3.8) is 0 Å². The molecule has 0 aliphatic heterocycles. The molecule has 1 aliphatic carbocycles. The SMILES string of the molecule is CN=C(NCc1cccc(C(N)=O)c1)NCc1cccc(OC)c1OC1CCCC1. The molecule has 0 atom stereocenters. The number of ether oxygens (including phenoxy) is 2. The molecule has 1 fully saturated rings. The highest BCUT2D eigenvalue weighted by atomic mass is 16.5.